The third-order valence-electron chi connectivity index (χ3n) is 1.83. The summed E-state index contributed by atoms with van der Waals surface area (Å²) in [5, 5.41) is 20.3. The van der Waals surface area contributed by atoms with Crippen molar-refractivity contribution in [3.05, 3.63) is 39.9 Å². The Labute approximate surface area is 83.3 Å². The number of carbonyl (C=O) groups is 1. The molecule has 1 heterocycles. The Morgan fingerprint density at radius 2 is 1.87 bits per heavy atom. The van der Waals surface area contributed by atoms with Crippen LogP contribution < -0.4 is 0 Å². The van der Waals surface area contributed by atoms with Gasteiger partial charge in [0.05, 0.1) is 4.92 Å². The standard InChI is InChI=1S/C8H4N4O3/c13-8-7(9-11-10-8)5-1-3-6(4-2-5)12(14)15/h1-4H. The van der Waals surface area contributed by atoms with E-state index in [9.17, 15) is 14.9 Å². The van der Waals surface area contributed by atoms with Crippen LogP contribution in [0.15, 0.2) is 39.7 Å². The lowest BCUT2D eigenvalue weighted by Crippen LogP contribution is -2.08. The van der Waals surface area contributed by atoms with Crippen molar-refractivity contribution in [2.24, 2.45) is 15.4 Å². The third kappa shape index (κ3) is 1.62. The zero-order valence-corrected chi connectivity index (χ0v) is 7.32. The van der Waals surface area contributed by atoms with Crippen LogP contribution in [0.3, 0.4) is 0 Å². The maximum Gasteiger partial charge on any atom is 0.318 e. The molecule has 0 atom stereocenters. The van der Waals surface area contributed by atoms with Gasteiger partial charge in [-0.25, -0.2) is 0 Å². The van der Waals surface area contributed by atoms with Crippen LogP contribution in [0.1, 0.15) is 5.56 Å². The Kier molecular flexibility index (Phi) is 2.05. The molecule has 15 heavy (non-hydrogen) atoms. The van der Waals surface area contributed by atoms with E-state index in [0.717, 1.165) is 0 Å². The molecule has 1 aromatic carbocycles. The van der Waals surface area contributed by atoms with Gasteiger partial charge >= 0.3 is 5.91 Å². The summed E-state index contributed by atoms with van der Waals surface area (Å²) in [7, 11) is 0. The van der Waals surface area contributed by atoms with Gasteiger partial charge in [-0.1, -0.05) is 5.11 Å². The van der Waals surface area contributed by atoms with Gasteiger partial charge < -0.3 is 0 Å². The number of carbonyl (C=O) groups excluding carboxylic acids is 1. The Morgan fingerprint density at radius 3 is 2.33 bits per heavy atom. The lowest BCUT2D eigenvalue weighted by molar-refractivity contribution is -0.384. The van der Waals surface area contributed by atoms with Crippen LogP contribution in [-0.2, 0) is 4.79 Å². The molecule has 0 radical (unpaired) electrons. The van der Waals surface area contributed by atoms with Crippen LogP contribution in [0.2, 0.25) is 0 Å². The Hall–Kier alpha value is -2.44. The second-order valence-electron chi connectivity index (χ2n) is 2.75. The van der Waals surface area contributed by atoms with Crippen LogP contribution in [0.25, 0.3) is 0 Å². The molecule has 7 nitrogen and oxygen atoms in total. The number of amides is 1. The summed E-state index contributed by atoms with van der Waals surface area (Å²) in [5.41, 5.74) is 0.527. The molecule has 0 aromatic heterocycles. The SMILES string of the molecule is O=C1N=NN=C1c1ccc([N+](=O)[O-])cc1. The topological polar surface area (TPSA) is 97.3 Å². The van der Waals surface area contributed by atoms with Crippen molar-refractivity contribution in [2.75, 3.05) is 0 Å². The molecule has 1 aliphatic rings. The minimum absolute atomic E-state index is 0.0429. The summed E-state index contributed by atoms with van der Waals surface area (Å²) in [5.74, 6) is -0.538. The molecular formula is C8H4N4O3. The fraction of sp³-hybridized carbons (Fsp3) is 0. The zero-order valence-electron chi connectivity index (χ0n) is 7.32. The van der Waals surface area contributed by atoms with Gasteiger partial charge in [-0.05, 0) is 17.4 Å². The van der Waals surface area contributed by atoms with Crippen LogP contribution in [0, 0.1) is 10.1 Å². The van der Waals surface area contributed by atoms with Crippen LogP contribution in [-0.4, -0.2) is 16.5 Å². The number of non-ortho nitro benzene ring substituents is 1. The molecule has 74 valence electrons. The molecule has 0 fully saturated rings. The first-order valence-corrected chi connectivity index (χ1v) is 3.96. The molecule has 0 saturated carbocycles. The van der Waals surface area contributed by atoms with E-state index >= 15 is 0 Å². The molecule has 0 spiro atoms. The molecule has 1 aliphatic heterocycles. The van der Waals surface area contributed by atoms with Crippen LogP contribution in [0.5, 0.6) is 0 Å². The summed E-state index contributed by atoms with van der Waals surface area (Å²) >= 11 is 0. The van der Waals surface area contributed by atoms with Crippen molar-refractivity contribution in [1.82, 2.24) is 0 Å². The molecule has 1 aromatic rings. The average molecular weight is 204 g/mol. The lowest BCUT2D eigenvalue weighted by atomic mass is 10.1. The van der Waals surface area contributed by atoms with E-state index < -0.39 is 10.8 Å². The van der Waals surface area contributed by atoms with Gasteiger partial charge in [-0.3, -0.25) is 14.9 Å². The van der Waals surface area contributed by atoms with Gasteiger partial charge in [0, 0.05) is 17.7 Å². The predicted octanol–water partition coefficient (Wildman–Crippen LogP) is 1.29. The van der Waals surface area contributed by atoms with Crippen molar-refractivity contribution in [1.29, 1.82) is 0 Å². The number of hydrogen-bond acceptors (Lipinski definition) is 5. The second kappa shape index (κ2) is 3.37. The van der Waals surface area contributed by atoms with Gasteiger partial charge in [-0.15, -0.1) is 5.10 Å². The van der Waals surface area contributed by atoms with E-state index in [2.05, 4.69) is 15.4 Å². The Balaban J connectivity index is 2.32. The second-order valence-corrected chi connectivity index (χ2v) is 2.75. The summed E-state index contributed by atoms with van der Waals surface area (Å²) < 4.78 is 0. The lowest BCUT2D eigenvalue weighted by Gasteiger charge is -1.95. The summed E-state index contributed by atoms with van der Waals surface area (Å²) in [6, 6.07) is 5.46. The monoisotopic (exact) mass is 204 g/mol. The first kappa shape index (κ1) is 9.13. The van der Waals surface area contributed by atoms with E-state index in [1.165, 1.54) is 24.3 Å². The minimum Gasteiger partial charge on any atom is -0.263 e. The maximum absolute atomic E-state index is 11.1. The molecule has 2 rings (SSSR count). The van der Waals surface area contributed by atoms with Gasteiger partial charge in [-0.2, -0.15) is 0 Å². The van der Waals surface area contributed by atoms with E-state index in [1.54, 1.807) is 0 Å². The molecule has 0 bridgehead atoms. The van der Waals surface area contributed by atoms with Crippen molar-refractivity contribution < 1.29 is 9.72 Å². The van der Waals surface area contributed by atoms with Crippen molar-refractivity contribution >= 4 is 17.3 Å². The van der Waals surface area contributed by atoms with E-state index in [-0.39, 0.29) is 11.4 Å². The molecule has 1 amide bonds. The van der Waals surface area contributed by atoms with Gasteiger partial charge in [0.25, 0.3) is 5.69 Å². The largest absolute Gasteiger partial charge is 0.318 e. The highest BCUT2D eigenvalue weighted by atomic mass is 16.6. The zero-order chi connectivity index (χ0) is 10.8. The highest BCUT2D eigenvalue weighted by Crippen LogP contribution is 2.14. The van der Waals surface area contributed by atoms with Crippen molar-refractivity contribution in [3.8, 4) is 0 Å². The third-order valence-corrected chi connectivity index (χ3v) is 1.83. The summed E-state index contributed by atoms with van der Waals surface area (Å²) in [4.78, 5) is 20.9. The maximum atomic E-state index is 11.1. The van der Waals surface area contributed by atoms with Crippen molar-refractivity contribution in [2.45, 2.75) is 0 Å². The number of benzene rings is 1. The first-order chi connectivity index (χ1) is 7.18. The van der Waals surface area contributed by atoms with Crippen LogP contribution in [0.4, 0.5) is 5.69 Å². The highest BCUT2D eigenvalue weighted by molar-refractivity contribution is 6.46. The number of nitro groups is 1. The molecule has 0 aliphatic carbocycles. The Morgan fingerprint density at radius 1 is 1.20 bits per heavy atom. The average Bonchev–Trinajstić information content (AvgIpc) is 2.65. The van der Waals surface area contributed by atoms with E-state index in [4.69, 9.17) is 0 Å². The molecule has 0 N–H and O–H groups in total. The summed E-state index contributed by atoms with van der Waals surface area (Å²) in [6.07, 6.45) is 0. The summed E-state index contributed by atoms with van der Waals surface area (Å²) in [6.45, 7) is 0. The smallest absolute Gasteiger partial charge is 0.263 e. The number of nitro benzene ring substituents is 1. The van der Waals surface area contributed by atoms with E-state index in [1.807, 2.05) is 0 Å². The van der Waals surface area contributed by atoms with Gasteiger partial charge in [0.2, 0.25) is 0 Å². The number of rotatable bonds is 2. The van der Waals surface area contributed by atoms with Crippen LogP contribution >= 0.6 is 0 Å². The minimum atomic E-state index is -0.538. The molecule has 7 heteroatoms. The normalized spacial score (nSPS) is 14.1. The predicted molar refractivity (Wildman–Crippen MR) is 49.5 cm³/mol. The Bertz CT molecular complexity index is 489. The van der Waals surface area contributed by atoms with E-state index in [0.29, 0.717) is 5.56 Å². The molecular weight excluding hydrogens is 200 g/mol. The quantitative estimate of drug-likeness (QED) is 0.536. The number of nitrogens with zero attached hydrogens (tertiary/aromatic N) is 4. The van der Waals surface area contributed by atoms with Gasteiger partial charge in [0.15, 0.2) is 5.71 Å². The fourth-order valence-electron chi connectivity index (χ4n) is 1.12. The van der Waals surface area contributed by atoms with Crippen molar-refractivity contribution in [3.63, 3.8) is 0 Å². The van der Waals surface area contributed by atoms with Gasteiger partial charge in [0.1, 0.15) is 0 Å². The first-order valence-electron chi connectivity index (χ1n) is 3.96. The number of hydrogen-bond donors (Lipinski definition) is 0. The molecule has 0 unspecified atom stereocenters. The molecule has 0 saturated heterocycles. The fourth-order valence-corrected chi connectivity index (χ4v) is 1.12. The highest BCUT2D eigenvalue weighted by Gasteiger charge is 2.18.